The third kappa shape index (κ3) is 4.08. The number of benzene rings is 4. The van der Waals surface area contributed by atoms with Gasteiger partial charge in [-0.25, -0.2) is 9.98 Å². The number of ether oxygens (including phenoxy) is 2. The van der Waals surface area contributed by atoms with Crippen molar-refractivity contribution < 1.29 is 9.47 Å². The molecule has 4 nitrogen and oxygen atoms in total. The first kappa shape index (κ1) is 19.4. The van der Waals surface area contributed by atoms with Gasteiger partial charge in [0.1, 0.15) is 0 Å². The predicted molar refractivity (Wildman–Crippen MR) is 123 cm³/mol. The van der Waals surface area contributed by atoms with Crippen LogP contribution in [0.4, 0.5) is 11.4 Å². The van der Waals surface area contributed by atoms with Crippen molar-refractivity contribution in [2.75, 3.05) is 14.2 Å². The lowest BCUT2D eigenvalue weighted by atomic mass is 10.1. The Morgan fingerprint density at radius 3 is 1.23 bits per heavy atom. The number of rotatable bonds is 4. The highest BCUT2D eigenvalue weighted by atomic mass is 16.5. The SMILES string of the molecule is COC(=Nc1ccc(N=C(OC)c2ccccc2)c2ccccc12)c1ccccc1. The molecule has 0 fully saturated rings. The maximum absolute atomic E-state index is 5.56. The van der Waals surface area contributed by atoms with E-state index in [-0.39, 0.29) is 0 Å². The van der Waals surface area contributed by atoms with Gasteiger partial charge in [-0.3, -0.25) is 0 Å². The number of methoxy groups -OCH3 is 2. The van der Waals surface area contributed by atoms with Gasteiger partial charge >= 0.3 is 0 Å². The molecule has 0 heterocycles. The van der Waals surface area contributed by atoms with Crippen LogP contribution in [0.3, 0.4) is 0 Å². The van der Waals surface area contributed by atoms with Gasteiger partial charge in [0.25, 0.3) is 0 Å². The summed E-state index contributed by atoms with van der Waals surface area (Å²) in [5.74, 6) is 1.14. The molecule has 30 heavy (non-hydrogen) atoms. The summed E-state index contributed by atoms with van der Waals surface area (Å²) >= 11 is 0. The van der Waals surface area contributed by atoms with Crippen LogP contribution in [0.2, 0.25) is 0 Å². The van der Waals surface area contributed by atoms with E-state index in [1.807, 2.05) is 97.1 Å². The minimum Gasteiger partial charge on any atom is -0.481 e. The summed E-state index contributed by atoms with van der Waals surface area (Å²) in [6.07, 6.45) is 0. The van der Waals surface area contributed by atoms with E-state index in [2.05, 4.69) is 0 Å². The molecule has 0 radical (unpaired) electrons. The molecule has 148 valence electrons. The standard InChI is InChI=1S/C26H22N2O2/c1-29-25(19-11-5-3-6-12-19)27-23-17-18-24(22-16-10-9-15-21(22)23)28-26(30-2)20-13-7-4-8-14-20/h3-18H,1-2H3. The molecule has 0 bridgehead atoms. The topological polar surface area (TPSA) is 43.2 Å². The van der Waals surface area contributed by atoms with Gasteiger partial charge in [-0.2, -0.15) is 0 Å². The molecule has 0 aromatic heterocycles. The van der Waals surface area contributed by atoms with Crippen molar-refractivity contribution in [3.63, 3.8) is 0 Å². The van der Waals surface area contributed by atoms with E-state index in [0.717, 1.165) is 33.3 Å². The highest BCUT2D eigenvalue weighted by molar-refractivity contribution is 6.05. The fourth-order valence-corrected chi connectivity index (χ4v) is 3.30. The Hall–Kier alpha value is -3.92. The highest BCUT2D eigenvalue weighted by Crippen LogP contribution is 2.34. The van der Waals surface area contributed by atoms with Crippen LogP contribution >= 0.6 is 0 Å². The molecule has 4 rings (SSSR count). The van der Waals surface area contributed by atoms with Crippen LogP contribution in [0.1, 0.15) is 11.1 Å². The molecule has 4 aromatic rings. The van der Waals surface area contributed by atoms with Crippen molar-refractivity contribution in [2.45, 2.75) is 0 Å². The number of hydrogen-bond donors (Lipinski definition) is 0. The molecule has 0 amide bonds. The fourth-order valence-electron chi connectivity index (χ4n) is 3.30. The summed E-state index contributed by atoms with van der Waals surface area (Å²) in [6, 6.07) is 31.7. The van der Waals surface area contributed by atoms with Gasteiger partial charge in [-0.15, -0.1) is 0 Å². The summed E-state index contributed by atoms with van der Waals surface area (Å²) < 4.78 is 11.1. The lowest BCUT2D eigenvalue weighted by Crippen LogP contribution is -2.03. The minimum atomic E-state index is 0.568. The molecule has 0 aliphatic heterocycles. The van der Waals surface area contributed by atoms with E-state index < -0.39 is 0 Å². The van der Waals surface area contributed by atoms with Gasteiger partial charge in [0, 0.05) is 21.9 Å². The van der Waals surface area contributed by atoms with Crippen LogP contribution in [0.15, 0.2) is 107 Å². The summed E-state index contributed by atoms with van der Waals surface area (Å²) in [5.41, 5.74) is 3.50. The molecular formula is C26H22N2O2. The number of fused-ring (bicyclic) bond motifs is 1. The molecule has 0 saturated carbocycles. The van der Waals surface area contributed by atoms with Crippen LogP contribution in [-0.4, -0.2) is 26.0 Å². The van der Waals surface area contributed by atoms with E-state index in [1.165, 1.54) is 0 Å². The van der Waals surface area contributed by atoms with E-state index >= 15 is 0 Å². The number of hydrogen-bond acceptors (Lipinski definition) is 4. The fraction of sp³-hybridized carbons (Fsp3) is 0.0769. The van der Waals surface area contributed by atoms with Gasteiger partial charge in [0.15, 0.2) is 0 Å². The number of aliphatic imine (C=N–C) groups is 2. The van der Waals surface area contributed by atoms with Gasteiger partial charge in [0.2, 0.25) is 11.8 Å². The summed E-state index contributed by atoms with van der Waals surface area (Å²) in [5, 5.41) is 1.99. The van der Waals surface area contributed by atoms with E-state index in [9.17, 15) is 0 Å². The Kier molecular flexibility index (Phi) is 5.85. The van der Waals surface area contributed by atoms with Crippen molar-refractivity contribution in [3.8, 4) is 0 Å². The molecule has 0 aliphatic carbocycles. The van der Waals surface area contributed by atoms with Crippen LogP contribution in [0.5, 0.6) is 0 Å². The lowest BCUT2D eigenvalue weighted by Gasteiger charge is -2.10. The summed E-state index contributed by atoms with van der Waals surface area (Å²) in [7, 11) is 3.27. The van der Waals surface area contributed by atoms with Crippen LogP contribution < -0.4 is 0 Å². The Morgan fingerprint density at radius 2 is 0.867 bits per heavy atom. The second-order valence-corrected chi connectivity index (χ2v) is 6.62. The van der Waals surface area contributed by atoms with Crippen molar-refractivity contribution in [1.29, 1.82) is 0 Å². The minimum absolute atomic E-state index is 0.568. The first-order valence-electron chi connectivity index (χ1n) is 9.68. The second kappa shape index (κ2) is 9.05. The molecule has 0 aliphatic rings. The Labute approximate surface area is 176 Å². The molecule has 0 spiro atoms. The lowest BCUT2D eigenvalue weighted by molar-refractivity contribution is 0.405. The average molecular weight is 394 g/mol. The van der Waals surface area contributed by atoms with Crippen LogP contribution in [0, 0.1) is 0 Å². The Morgan fingerprint density at radius 1 is 0.500 bits per heavy atom. The van der Waals surface area contributed by atoms with Crippen LogP contribution in [-0.2, 0) is 9.47 Å². The Bertz CT molecular complexity index is 1100. The van der Waals surface area contributed by atoms with Crippen molar-refractivity contribution >= 4 is 33.9 Å². The van der Waals surface area contributed by atoms with Crippen molar-refractivity contribution in [3.05, 3.63) is 108 Å². The largest absolute Gasteiger partial charge is 0.481 e. The summed E-state index contributed by atoms with van der Waals surface area (Å²) in [4.78, 5) is 9.58. The van der Waals surface area contributed by atoms with Crippen LogP contribution in [0.25, 0.3) is 10.8 Å². The maximum Gasteiger partial charge on any atom is 0.221 e. The van der Waals surface area contributed by atoms with Crippen molar-refractivity contribution in [2.24, 2.45) is 9.98 Å². The van der Waals surface area contributed by atoms with Gasteiger partial charge < -0.3 is 9.47 Å². The zero-order chi connectivity index (χ0) is 20.8. The van der Waals surface area contributed by atoms with Gasteiger partial charge in [-0.05, 0) is 36.4 Å². The molecule has 0 N–H and O–H groups in total. The quantitative estimate of drug-likeness (QED) is 0.302. The second-order valence-electron chi connectivity index (χ2n) is 6.62. The molecular weight excluding hydrogens is 372 g/mol. The van der Waals surface area contributed by atoms with E-state index in [0.29, 0.717) is 11.8 Å². The normalized spacial score (nSPS) is 12.1. The van der Waals surface area contributed by atoms with Gasteiger partial charge in [-0.1, -0.05) is 60.7 Å². The maximum atomic E-state index is 5.56. The zero-order valence-electron chi connectivity index (χ0n) is 16.9. The third-order valence-electron chi connectivity index (χ3n) is 4.75. The Balaban J connectivity index is 1.83. The molecule has 0 atom stereocenters. The van der Waals surface area contributed by atoms with Gasteiger partial charge in [0.05, 0.1) is 25.6 Å². The monoisotopic (exact) mass is 394 g/mol. The van der Waals surface area contributed by atoms with Crippen molar-refractivity contribution in [1.82, 2.24) is 0 Å². The smallest absolute Gasteiger partial charge is 0.221 e. The third-order valence-corrected chi connectivity index (χ3v) is 4.75. The average Bonchev–Trinajstić information content (AvgIpc) is 2.82. The molecule has 0 saturated heterocycles. The van der Waals surface area contributed by atoms with E-state index in [1.54, 1.807) is 14.2 Å². The molecule has 0 unspecified atom stereocenters. The first-order chi connectivity index (χ1) is 14.8. The molecule has 4 heteroatoms. The number of nitrogens with zero attached hydrogens (tertiary/aromatic N) is 2. The first-order valence-corrected chi connectivity index (χ1v) is 9.68. The zero-order valence-corrected chi connectivity index (χ0v) is 16.9. The molecule has 4 aromatic carbocycles. The highest BCUT2D eigenvalue weighted by Gasteiger charge is 2.10. The summed E-state index contributed by atoms with van der Waals surface area (Å²) in [6.45, 7) is 0. The predicted octanol–water partition coefficient (Wildman–Crippen LogP) is 6.29. The van der Waals surface area contributed by atoms with E-state index in [4.69, 9.17) is 19.5 Å².